The second-order valence-corrected chi connectivity index (χ2v) is 7.70. The molecule has 0 spiro atoms. The Morgan fingerprint density at radius 3 is 2.58 bits per heavy atom. The number of hydrogen-bond donors (Lipinski definition) is 1. The molecule has 1 saturated heterocycles. The van der Waals surface area contributed by atoms with Gasteiger partial charge in [0.05, 0.1) is 13.2 Å². The van der Waals surface area contributed by atoms with Gasteiger partial charge in [-0.2, -0.15) is 0 Å². The second-order valence-electron chi connectivity index (χ2n) is 6.23. The molecule has 4 nitrogen and oxygen atoms in total. The molecule has 1 aromatic heterocycles. The third-order valence-electron chi connectivity index (χ3n) is 4.15. The van der Waals surface area contributed by atoms with Crippen molar-refractivity contribution in [3.05, 3.63) is 34.9 Å². The van der Waals surface area contributed by atoms with Gasteiger partial charge in [-0.3, -0.25) is 0 Å². The van der Waals surface area contributed by atoms with Crippen molar-refractivity contribution in [2.24, 2.45) is 0 Å². The molecular weight excluding hydrogens is 376 g/mol. The van der Waals surface area contributed by atoms with Crippen LogP contribution in [0.4, 0.5) is 13.8 Å². The first kappa shape index (κ1) is 20.8. The highest BCUT2D eigenvalue weighted by atomic mass is 32.1. The van der Waals surface area contributed by atoms with Gasteiger partial charge in [0.15, 0.2) is 5.11 Å². The molecule has 0 aliphatic carbocycles. The van der Waals surface area contributed by atoms with Crippen LogP contribution in [0.25, 0.3) is 5.57 Å². The number of alkyl halides is 2. The minimum atomic E-state index is -2.58. The lowest BCUT2D eigenvalue weighted by molar-refractivity contribution is 0.150. The van der Waals surface area contributed by atoms with E-state index in [-0.39, 0.29) is 5.56 Å². The maximum atomic E-state index is 14.0. The van der Waals surface area contributed by atoms with Crippen LogP contribution >= 0.6 is 23.6 Å². The number of halogens is 2. The van der Waals surface area contributed by atoms with Gasteiger partial charge in [0.1, 0.15) is 5.00 Å². The molecular formula is C18H25F2N3OS2. The summed E-state index contributed by atoms with van der Waals surface area (Å²) in [5, 5.41) is 4.41. The molecule has 0 unspecified atom stereocenters. The van der Waals surface area contributed by atoms with Crippen LogP contribution in [0.5, 0.6) is 0 Å². The minimum Gasteiger partial charge on any atom is -0.383 e. The number of rotatable bonds is 9. The summed E-state index contributed by atoms with van der Waals surface area (Å²) in [5.41, 5.74) is 1.95. The number of hydrogen-bond acceptors (Lipinski definition) is 4. The molecule has 0 bridgehead atoms. The van der Waals surface area contributed by atoms with Crippen molar-refractivity contribution in [1.29, 1.82) is 0 Å². The fourth-order valence-electron chi connectivity index (χ4n) is 2.91. The summed E-state index contributed by atoms with van der Waals surface area (Å²) in [6, 6.07) is 0. The molecule has 1 N–H and O–H groups in total. The second kappa shape index (κ2) is 8.92. The molecule has 1 fully saturated rings. The van der Waals surface area contributed by atoms with E-state index in [1.807, 2.05) is 16.7 Å². The van der Waals surface area contributed by atoms with E-state index in [9.17, 15) is 8.78 Å². The van der Waals surface area contributed by atoms with Crippen molar-refractivity contribution in [3.63, 3.8) is 0 Å². The van der Waals surface area contributed by atoms with Crippen LogP contribution in [-0.4, -0.2) is 43.4 Å². The van der Waals surface area contributed by atoms with E-state index in [2.05, 4.69) is 18.5 Å². The smallest absolute Gasteiger partial charge is 0.265 e. The number of methoxy groups -OCH3 is 1. The van der Waals surface area contributed by atoms with Crippen molar-refractivity contribution in [3.8, 4) is 0 Å². The highest BCUT2D eigenvalue weighted by Crippen LogP contribution is 2.45. The molecule has 26 heavy (non-hydrogen) atoms. The molecule has 2 rings (SSSR count). The Morgan fingerprint density at radius 1 is 1.42 bits per heavy atom. The monoisotopic (exact) mass is 401 g/mol. The van der Waals surface area contributed by atoms with Crippen LogP contribution < -0.4 is 10.2 Å². The zero-order chi connectivity index (χ0) is 19.4. The highest BCUT2D eigenvalue weighted by molar-refractivity contribution is 7.80. The molecule has 144 valence electrons. The number of anilines is 1. The fourth-order valence-corrected chi connectivity index (χ4v) is 4.67. The Hall–Kier alpha value is -1.51. The average molecular weight is 402 g/mol. The van der Waals surface area contributed by atoms with Crippen LogP contribution in [0.1, 0.15) is 36.3 Å². The molecule has 0 atom stereocenters. The molecule has 0 amide bonds. The van der Waals surface area contributed by atoms with Gasteiger partial charge >= 0.3 is 0 Å². The Kier molecular flexibility index (Phi) is 7.14. The number of nitrogens with zero attached hydrogens (tertiary/aromatic N) is 2. The highest BCUT2D eigenvalue weighted by Gasteiger charge is 2.30. The number of allylic oxidation sites excluding steroid dienone is 2. The minimum absolute atomic E-state index is 0.0517. The van der Waals surface area contributed by atoms with Gasteiger partial charge in [-0.1, -0.05) is 13.2 Å². The zero-order valence-corrected chi connectivity index (χ0v) is 17.0. The van der Waals surface area contributed by atoms with E-state index in [0.717, 1.165) is 17.2 Å². The largest absolute Gasteiger partial charge is 0.383 e. The van der Waals surface area contributed by atoms with Gasteiger partial charge < -0.3 is 19.9 Å². The van der Waals surface area contributed by atoms with Crippen molar-refractivity contribution >= 4 is 39.2 Å². The van der Waals surface area contributed by atoms with Gasteiger partial charge in [0.25, 0.3) is 6.43 Å². The first-order chi connectivity index (χ1) is 12.3. The third kappa shape index (κ3) is 4.42. The summed E-state index contributed by atoms with van der Waals surface area (Å²) in [6.07, 6.45) is -2.58. The number of nitrogens with one attached hydrogen (secondary N) is 1. The van der Waals surface area contributed by atoms with Crippen molar-refractivity contribution in [2.75, 3.05) is 38.3 Å². The van der Waals surface area contributed by atoms with Crippen molar-refractivity contribution in [2.45, 2.75) is 26.8 Å². The Morgan fingerprint density at radius 2 is 2.12 bits per heavy atom. The molecule has 0 saturated carbocycles. The Labute approximate surface area is 163 Å². The summed E-state index contributed by atoms with van der Waals surface area (Å²) in [5.74, 6) is 0. The summed E-state index contributed by atoms with van der Waals surface area (Å²) in [4.78, 5) is 4.45. The molecule has 1 aliphatic rings. The molecule has 0 aromatic carbocycles. The lowest BCUT2D eigenvalue weighted by atomic mass is 10.0. The first-order valence-electron chi connectivity index (χ1n) is 8.32. The first-order valence-corrected chi connectivity index (χ1v) is 9.54. The van der Waals surface area contributed by atoms with E-state index in [4.69, 9.17) is 17.0 Å². The lowest BCUT2D eigenvalue weighted by Crippen LogP contribution is -2.27. The molecule has 1 aliphatic heterocycles. The predicted octanol–water partition coefficient (Wildman–Crippen LogP) is 4.40. The average Bonchev–Trinajstić information content (AvgIpc) is 3.12. The molecule has 0 radical (unpaired) electrons. The van der Waals surface area contributed by atoms with Gasteiger partial charge in [0, 0.05) is 48.4 Å². The number of thiocarbonyl (C=S) groups is 1. The van der Waals surface area contributed by atoms with Crippen molar-refractivity contribution < 1.29 is 13.5 Å². The van der Waals surface area contributed by atoms with E-state index < -0.39 is 6.43 Å². The standard InChI is InChI=1S/C18H25F2N3OS2/c1-11(2)14-15(16(19)20)13(10-22-7-6-21-18(22)25)26-17(14)23(12(3)4)8-9-24-5/h16H,1,3,6-10H2,2,4-5H3,(H,21,25). The quantitative estimate of drug-likeness (QED) is 0.620. The SMILES string of the molecule is C=C(C)c1c(N(CCOC)C(=C)C)sc(CN2CCNC2=S)c1C(F)F. The maximum Gasteiger partial charge on any atom is 0.265 e. The summed E-state index contributed by atoms with van der Waals surface area (Å²) >= 11 is 6.62. The van der Waals surface area contributed by atoms with Crippen LogP contribution in [0, 0.1) is 0 Å². The van der Waals surface area contributed by atoms with Gasteiger partial charge in [0.2, 0.25) is 0 Å². The normalized spacial score (nSPS) is 14.1. The summed E-state index contributed by atoms with van der Waals surface area (Å²) in [6.45, 7) is 14.4. The van der Waals surface area contributed by atoms with Gasteiger partial charge in [-0.05, 0) is 31.6 Å². The van der Waals surface area contributed by atoms with Crippen LogP contribution in [0.2, 0.25) is 0 Å². The summed E-state index contributed by atoms with van der Waals surface area (Å²) < 4.78 is 33.1. The van der Waals surface area contributed by atoms with E-state index in [1.54, 1.807) is 14.0 Å². The predicted molar refractivity (Wildman–Crippen MR) is 109 cm³/mol. The molecule has 8 heteroatoms. The Balaban J connectivity index is 2.52. The van der Waals surface area contributed by atoms with E-state index in [0.29, 0.717) is 47.4 Å². The molecule has 1 aromatic rings. The van der Waals surface area contributed by atoms with Crippen LogP contribution in [-0.2, 0) is 11.3 Å². The third-order valence-corrected chi connectivity index (χ3v) is 5.77. The van der Waals surface area contributed by atoms with Crippen molar-refractivity contribution in [1.82, 2.24) is 10.2 Å². The molecule has 2 heterocycles. The zero-order valence-electron chi connectivity index (χ0n) is 15.4. The Bertz CT molecular complexity index is 703. The number of thiophene rings is 1. The van der Waals surface area contributed by atoms with E-state index >= 15 is 0 Å². The van der Waals surface area contributed by atoms with Crippen LogP contribution in [0.15, 0.2) is 18.9 Å². The lowest BCUT2D eigenvalue weighted by Gasteiger charge is -2.24. The van der Waals surface area contributed by atoms with Gasteiger partial charge in [-0.25, -0.2) is 8.78 Å². The number of ether oxygens (including phenoxy) is 1. The topological polar surface area (TPSA) is 27.7 Å². The van der Waals surface area contributed by atoms with Gasteiger partial charge in [-0.15, -0.1) is 11.3 Å². The maximum absolute atomic E-state index is 14.0. The fraction of sp³-hybridized carbons (Fsp3) is 0.500. The van der Waals surface area contributed by atoms with E-state index in [1.165, 1.54) is 11.3 Å². The summed E-state index contributed by atoms with van der Waals surface area (Å²) in [7, 11) is 1.61. The van der Waals surface area contributed by atoms with Crippen LogP contribution in [0.3, 0.4) is 0 Å².